The van der Waals surface area contributed by atoms with Crippen LogP contribution >= 0.6 is 0 Å². The Bertz CT molecular complexity index is 988. The van der Waals surface area contributed by atoms with E-state index >= 15 is 0 Å². The van der Waals surface area contributed by atoms with Crippen LogP contribution in [0, 0.1) is 17.3 Å². The molecule has 4 unspecified atom stereocenters. The van der Waals surface area contributed by atoms with E-state index < -0.39 is 0 Å². The molecule has 2 fully saturated rings. The quantitative estimate of drug-likeness (QED) is 0.691. The smallest absolute Gasteiger partial charge is 0.165 e. The fraction of sp³-hybridized carbons (Fsp3) is 0.520. The van der Waals surface area contributed by atoms with Gasteiger partial charge in [-0.3, -0.25) is 9.48 Å². The lowest BCUT2D eigenvalue weighted by atomic mass is 9.55. The van der Waals surface area contributed by atoms with Crippen molar-refractivity contribution < 1.29 is 9.53 Å². The Morgan fingerprint density at radius 3 is 2.97 bits per heavy atom. The molecule has 3 aliphatic carbocycles. The molecule has 0 aliphatic heterocycles. The number of hydrogen-bond donors (Lipinski definition) is 0. The van der Waals surface area contributed by atoms with Crippen LogP contribution in [-0.2, 0) is 17.8 Å². The first-order valence-corrected chi connectivity index (χ1v) is 11.0. The molecule has 29 heavy (non-hydrogen) atoms. The first-order chi connectivity index (χ1) is 14.0. The molecule has 1 aromatic heterocycles. The Hall–Kier alpha value is -2.36. The molecule has 0 bridgehead atoms. The number of allylic oxidation sites excluding steroid dienone is 1. The summed E-state index contributed by atoms with van der Waals surface area (Å²) in [6.45, 7) is 5.15. The van der Waals surface area contributed by atoms with E-state index in [4.69, 9.17) is 4.74 Å². The minimum atomic E-state index is -0.200. The van der Waals surface area contributed by atoms with Crippen LogP contribution in [0.5, 0.6) is 5.75 Å². The third kappa shape index (κ3) is 2.79. The van der Waals surface area contributed by atoms with Gasteiger partial charge in [0, 0.05) is 18.2 Å². The van der Waals surface area contributed by atoms with E-state index in [-0.39, 0.29) is 5.41 Å². The second-order valence-corrected chi connectivity index (χ2v) is 9.21. The van der Waals surface area contributed by atoms with Gasteiger partial charge in [0.15, 0.2) is 5.78 Å². The first kappa shape index (κ1) is 18.7. The highest BCUT2D eigenvalue weighted by Gasteiger charge is 2.56. The maximum absolute atomic E-state index is 13.5. The summed E-state index contributed by atoms with van der Waals surface area (Å²) in [7, 11) is 1.74. The molecule has 4 nitrogen and oxygen atoms in total. The second-order valence-electron chi connectivity index (χ2n) is 9.21. The molecule has 0 N–H and O–H groups in total. The Kier molecular flexibility index (Phi) is 4.41. The second kappa shape index (κ2) is 6.86. The molecule has 0 radical (unpaired) electrons. The van der Waals surface area contributed by atoms with Crippen LogP contribution in [0.2, 0.25) is 0 Å². The normalized spacial score (nSPS) is 32.0. The molecule has 0 amide bonds. The van der Waals surface area contributed by atoms with E-state index in [0.29, 0.717) is 23.5 Å². The number of Topliss-reactive ketones (excluding diaryl/α,β-unsaturated/α-hetero) is 1. The molecule has 4 heteroatoms. The van der Waals surface area contributed by atoms with Crippen molar-refractivity contribution in [2.24, 2.45) is 17.3 Å². The standard InChI is InChI=1S/C25H30N2O2/c1-4-27-18(10-12-26-27)13-17-15-23-22-7-5-16-14-19(29-3)6-8-20(16)21(22)9-11-25(23,2)24(17)28/h6,8,10,12-14,21-23H,4-5,7,9,11,15H2,1-3H3/b17-13+. The third-order valence-electron chi connectivity index (χ3n) is 7.94. The highest BCUT2D eigenvalue weighted by atomic mass is 16.5. The molecule has 4 atom stereocenters. The van der Waals surface area contributed by atoms with Gasteiger partial charge in [0.1, 0.15) is 5.75 Å². The van der Waals surface area contributed by atoms with Gasteiger partial charge in [0.05, 0.1) is 12.8 Å². The summed E-state index contributed by atoms with van der Waals surface area (Å²) in [6.07, 6.45) is 9.23. The van der Waals surface area contributed by atoms with Crippen LogP contribution in [0.4, 0.5) is 0 Å². The summed E-state index contributed by atoms with van der Waals surface area (Å²) < 4.78 is 7.41. The summed E-state index contributed by atoms with van der Waals surface area (Å²) in [5, 5.41) is 4.37. The number of aryl methyl sites for hydroxylation is 2. The molecule has 1 heterocycles. The number of fused-ring (bicyclic) bond motifs is 5. The summed E-state index contributed by atoms with van der Waals surface area (Å²) in [5.74, 6) is 2.96. The summed E-state index contributed by atoms with van der Waals surface area (Å²) in [6, 6.07) is 8.62. The number of ether oxygens (including phenoxy) is 1. The average Bonchev–Trinajstić information content (AvgIpc) is 3.30. The SMILES string of the molecule is CCn1nccc1/C=C1\CC2C3CCc4cc(OC)ccc4C3CCC2(C)C1=O. The number of methoxy groups -OCH3 is 1. The predicted octanol–water partition coefficient (Wildman–Crippen LogP) is 5.03. The van der Waals surface area contributed by atoms with Crippen molar-refractivity contribution in [1.29, 1.82) is 0 Å². The molecule has 0 saturated heterocycles. The topological polar surface area (TPSA) is 44.1 Å². The minimum Gasteiger partial charge on any atom is -0.497 e. The van der Waals surface area contributed by atoms with Gasteiger partial charge in [-0.05, 0) is 97.8 Å². The first-order valence-electron chi connectivity index (χ1n) is 11.0. The number of hydrogen-bond acceptors (Lipinski definition) is 3. The average molecular weight is 391 g/mol. The van der Waals surface area contributed by atoms with Gasteiger partial charge in [0.25, 0.3) is 0 Å². The fourth-order valence-corrected chi connectivity index (χ4v) is 6.39. The number of ketones is 1. The zero-order valence-electron chi connectivity index (χ0n) is 17.6. The zero-order valence-corrected chi connectivity index (χ0v) is 17.6. The van der Waals surface area contributed by atoms with Gasteiger partial charge in [-0.15, -0.1) is 0 Å². The number of nitrogens with zero attached hydrogens (tertiary/aromatic N) is 2. The molecule has 5 rings (SSSR count). The Morgan fingerprint density at radius 1 is 1.31 bits per heavy atom. The molecule has 0 spiro atoms. The number of carbonyl (C=O) groups is 1. The molecule has 1 aromatic carbocycles. The van der Waals surface area contributed by atoms with Crippen molar-refractivity contribution in [1.82, 2.24) is 9.78 Å². The largest absolute Gasteiger partial charge is 0.497 e. The van der Waals surface area contributed by atoms with Crippen LogP contribution in [0.25, 0.3) is 6.08 Å². The van der Waals surface area contributed by atoms with Crippen LogP contribution < -0.4 is 4.74 Å². The summed E-state index contributed by atoms with van der Waals surface area (Å²) in [4.78, 5) is 13.5. The maximum atomic E-state index is 13.5. The van der Waals surface area contributed by atoms with Crippen molar-refractivity contribution in [2.75, 3.05) is 7.11 Å². The summed E-state index contributed by atoms with van der Waals surface area (Å²) >= 11 is 0. The van der Waals surface area contributed by atoms with E-state index in [1.54, 1.807) is 7.11 Å². The highest BCUT2D eigenvalue weighted by molar-refractivity contribution is 6.05. The van der Waals surface area contributed by atoms with Crippen molar-refractivity contribution in [3.05, 3.63) is 52.9 Å². The third-order valence-corrected chi connectivity index (χ3v) is 7.94. The monoisotopic (exact) mass is 390 g/mol. The zero-order chi connectivity index (χ0) is 20.2. The lowest BCUT2D eigenvalue weighted by Gasteiger charge is -2.48. The number of aromatic nitrogens is 2. The number of carbonyl (C=O) groups excluding carboxylic acids is 1. The molecular formula is C25H30N2O2. The number of benzene rings is 1. The van der Waals surface area contributed by atoms with Gasteiger partial charge < -0.3 is 4.74 Å². The van der Waals surface area contributed by atoms with Crippen LogP contribution in [0.15, 0.2) is 36.0 Å². The Labute approximate surface area is 173 Å². The van der Waals surface area contributed by atoms with Crippen molar-refractivity contribution >= 4 is 11.9 Å². The lowest BCUT2D eigenvalue weighted by Crippen LogP contribution is -2.42. The molecular weight excluding hydrogens is 360 g/mol. The molecule has 2 aromatic rings. The van der Waals surface area contributed by atoms with E-state index in [1.807, 2.05) is 16.9 Å². The van der Waals surface area contributed by atoms with E-state index in [9.17, 15) is 4.79 Å². The highest BCUT2D eigenvalue weighted by Crippen LogP contribution is 2.60. The molecule has 2 saturated carbocycles. The van der Waals surface area contributed by atoms with Gasteiger partial charge in [-0.25, -0.2) is 0 Å². The van der Waals surface area contributed by atoms with Gasteiger partial charge >= 0.3 is 0 Å². The van der Waals surface area contributed by atoms with Crippen molar-refractivity contribution in [2.45, 2.75) is 58.4 Å². The van der Waals surface area contributed by atoms with E-state index in [0.717, 1.165) is 49.2 Å². The van der Waals surface area contributed by atoms with Crippen molar-refractivity contribution in [3.8, 4) is 5.75 Å². The number of rotatable bonds is 3. The van der Waals surface area contributed by atoms with E-state index in [1.165, 1.54) is 17.5 Å². The van der Waals surface area contributed by atoms with Crippen LogP contribution in [0.1, 0.15) is 62.3 Å². The Balaban J connectivity index is 1.48. The fourth-order valence-electron chi connectivity index (χ4n) is 6.39. The van der Waals surface area contributed by atoms with Crippen LogP contribution in [-0.4, -0.2) is 22.7 Å². The van der Waals surface area contributed by atoms with Crippen LogP contribution in [0.3, 0.4) is 0 Å². The molecule has 3 aliphatic rings. The van der Waals surface area contributed by atoms with Gasteiger partial charge in [-0.1, -0.05) is 13.0 Å². The van der Waals surface area contributed by atoms with Gasteiger partial charge in [0.2, 0.25) is 0 Å². The molecule has 152 valence electrons. The minimum absolute atomic E-state index is 0.200. The maximum Gasteiger partial charge on any atom is 0.165 e. The van der Waals surface area contributed by atoms with E-state index in [2.05, 4.69) is 43.2 Å². The van der Waals surface area contributed by atoms with Gasteiger partial charge in [-0.2, -0.15) is 5.10 Å². The Morgan fingerprint density at radius 2 is 2.17 bits per heavy atom. The lowest BCUT2D eigenvalue weighted by molar-refractivity contribution is -0.127. The summed E-state index contributed by atoms with van der Waals surface area (Å²) in [5.41, 5.74) is 4.80. The van der Waals surface area contributed by atoms with Crippen molar-refractivity contribution in [3.63, 3.8) is 0 Å². The predicted molar refractivity (Wildman–Crippen MR) is 114 cm³/mol.